The molecule has 0 atom stereocenters. The van der Waals surface area contributed by atoms with E-state index in [9.17, 15) is 0 Å². The molecule has 5 heteroatoms. The zero-order valence-corrected chi connectivity index (χ0v) is 3.59. The van der Waals surface area contributed by atoms with Crippen LogP contribution >= 0.6 is 0 Å². The average molecular weight is 194 g/mol. The van der Waals surface area contributed by atoms with Crippen molar-refractivity contribution < 1.29 is 37.4 Å². The third-order valence-electron chi connectivity index (χ3n) is 0. The van der Waals surface area contributed by atoms with Crippen LogP contribution in [0.3, 0.4) is 0 Å². The molecule has 0 rings (SSSR count). The van der Waals surface area contributed by atoms with Crippen LogP contribution in [0, 0.1) is 0 Å². The van der Waals surface area contributed by atoms with Gasteiger partial charge in [0.1, 0.15) is 0 Å². The zero-order chi connectivity index (χ0) is 3.58. The molecule has 1 radical (unpaired) electrons. The summed E-state index contributed by atoms with van der Waals surface area (Å²) in [5.74, 6) is 0. The summed E-state index contributed by atoms with van der Waals surface area (Å²) >= 11 is 0. The van der Waals surface area contributed by atoms with Gasteiger partial charge >= 0.3 is 35.7 Å². The molecule has 0 unspecified atom stereocenters. The summed E-state index contributed by atoms with van der Waals surface area (Å²) < 4.78 is 0. The summed E-state index contributed by atoms with van der Waals surface area (Å²) in [6, 6.07) is 0. The Hall–Kier alpha value is 1.01. The molecule has 0 aromatic heterocycles. The van der Waals surface area contributed by atoms with Gasteiger partial charge in [0.05, 0.1) is 0 Å². The van der Waals surface area contributed by atoms with Crippen LogP contribution in [0.2, 0.25) is 0 Å². The standard InChI is InChI=1S/CH2O3.Ag.Na.H/c2-1(3)4;;;/h(H2,2,3,4);;;. The molecule has 37 valence electrons. The molecule has 0 aliphatic heterocycles. The van der Waals surface area contributed by atoms with Crippen molar-refractivity contribution in [1.29, 1.82) is 0 Å². The van der Waals surface area contributed by atoms with Gasteiger partial charge in [0.25, 0.3) is 0 Å². The zero-order valence-electron chi connectivity index (χ0n) is 2.10. The van der Waals surface area contributed by atoms with E-state index in [2.05, 4.69) is 0 Å². The van der Waals surface area contributed by atoms with E-state index in [1.54, 1.807) is 0 Å². The first-order chi connectivity index (χ1) is 1.73. The Labute approximate surface area is 72.5 Å². The van der Waals surface area contributed by atoms with Crippen LogP contribution in [0.5, 0.6) is 0 Å². The van der Waals surface area contributed by atoms with Crippen molar-refractivity contribution in [2.24, 2.45) is 0 Å². The molecule has 0 aromatic rings. The Balaban J connectivity index is -0.0000000450. The minimum absolute atomic E-state index is 0. The fourth-order valence-electron chi connectivity index (χ4n) is 0. The molecule has 0 bridgehead atoms. The van der Waals surface area contributed by atoms with Crippen LogP contribution in [-0.4, -0.2) is 45.9 Å². The monoisotopic (exact) mass is 193 g/mol. The van der Waals surface area contributed by atoms with Crippen LogP contribution in [-0.2, 0) is 22.4 Å². The van der Waals surface area contributed by atoms with Gasteiger partial charge in [0.2, 0.25) is 0 Å². The average Bonchev–Trinajstić information content (AvgIpc) is 0.811. The van der Waals surface area contributed by atoms with Crippen molar-refractivity contribution in [1.82, 2.24) is 0 Å². The predicted octanol–water partition coefficient (Wildman–Crippen LogP) is -0.429. The van der Waals surface area contributed by atoms with Gasteiger partial charge in [0, 0.05) is 22.4 Å². The van der Waals surface area contributed by atoms with E-state index in [-0.39, 0.29) is 51.9 Å². The van der Waals surface area contributed by atoms with Crippen molar-refractivity contribution in [3.63, 3.8) is 0 Å². The fraction of sp³-hybridized carbons (Fsp3) is 0. The van der Waals surface area contributed by atoms with E-state index in [1.807, 2.05) is 0 Å². The molecule has 0 amide bonds. The van der Waals surface area contributed by atoms with E-state index in [1.165, 1.54) is 0 Å². The molecule has 3 nitrogen and oxygen atoms in total. The summed E-state index contributed by atoms with van der Waals surface area (Å²) in [4.78, 5) is 8.56. The summed E-state index contributed by atoms with van der Waals surface area (Å²) in [7, 11) is 0. The van der Waals surface area contributed by atoms with Gasteiger partial charge in [-0.2, -0.15) is 0 Å². The van der Waals surface area contributed by atoms with Crippen LogP contribution in [0.15, 0.2) is 0 Å². The van der Waals surface area contributed by atoms with Crippen LogP contribution < -0.4 is 0 Å². The third-order valence-corrected chi connectivity index (χ3v) is 0. The minimum atomic E-state index is -1.83. The van der Waals surface area contributed by atoms with Gasteiger partial charge in [-0.05, 0) is 0 Å². The van der Waals surface area contributed by atoms with Gasteiger partial charge in [0.15, 0.2) is 0 Å². The van der Waals surface area contributed by atoms with Crippen LogP contribution in [0.4, 0.5) is 4.79 Å². The van der Waals surface area contributed by atoms with Gasteiger partial charge in [-0.1, -0.05) is 0 Å². The Bertz CT molecular complexity index is 33.8. The van der Waals surface area contributed by atoms with E-state index in [0.29, 0.717) is 0 Å². The molecular formula is CH3AgNaO3. The van der Waals surface area contributed by atoms with Crippen molar-refractivity contribution in [2.45, 2.75) is 0 Å². The van der Waals surface area contributed by atoms with Crippen molar-refractivity contribution in [3.05, 3.63) is 0 Å². The van der Waals surface area contributed by atoms with Crippen LogP contribution in [0.25, 0.3) is 0 Å². The van der Waals surface area contributed by atoms with Gasteiger partial charge in [-0.25, -0.2) is 4.79 Å². The molecule has 0 aliphatic rings. The molecule has 0 saturated heterocycles. The molecule has 2 N–H and O–H groups in total. The van der Waals surface area contributed by atoms with E-state index >= 15 is 0 Å². The van der Waals surface area contributed by atoms with Crippen molar-refractivity contribution in [3.8, 4) is 0 Å². The van der Waals surface area contributed by atoms with Gasteiger partial charge in [-0.3, -0.25) is 0 Å². The summed E-state index contributed by atoms with van der Waals surface area (Å²) in [6.07, 6.45) is -1.83. The molecule has 0 saturated carbocycles. The first-order valence-electron chi connectivity index (χ1n) is 0.651. The number of hydrogen-bond acceptors (Lipinski definition) is 1. The maximum absolute atomic E-state index is 8.56. The molecule has 0 aromatic carbocycles. The Morgan fingerprint density at radius 1 is 1.33 bits per heavy atom. The van der Waals surface area contributed by atoms with Crippen molar-refractivity contribution >= 4 is 35.7 Å². The van der Waals surface area contributed by atoms with Crippen LogP contribution in [0.1, 0.15) is 0 Å². The van der Waals surface area contributed by atoms with E-state index < -0.39 is 6.16 Å². The number of rotatable bonds is 0. The number of carboxylic acid groups (broad SMARTS) is 2. The second kappa shape index (κ2) is 9.38. The first kappa shape index (κ1) is 15.7. The molecule has 0 spiro atoms. The third kappa shape index (κ3) is 78.9. The molecule has 0 fully saturated rings. The van der Waals surface area contributed by atoms with E-state index in [0.717, 1.165) is 0 Å². The second-order valence-corrected chi connectivity index (χ2v) is 0.283. The predicted molar refractivity (Wildman–Crippen MR) is 17.8 cm³/mol. The maximum atomic E-state index is 8.56. The summed E-state index contributed by atoms with van der Waals surface area (Å²) in [6.45, 7) is 0. The van der Waals surface area contributed by atoms with Gasteiger partial charge in [-0.15, -0.1) is 0 Å². The quantitative estimate of drug-likeness (QED) is 0.514. The SMILES string of the molecule is O=C(O)O.[Ag].[NaH]. The van der Waals surface area contributed by atoms with Gasteiger partial charge < -0.3 is 10.2 Å². The second-order valence-electron chi connectivity index (χ2n) is 0.283. The van der Waals surface area contributed by atoms with E-state index in [4.69, 9.17) is 15.0 Å². The topological polar surface area (TPSA) is 57.5 Å². The summed E-state index contributed by atoms with van der Waals surface area (Å²) in [5, 5.41) is 13.9. The fourth-order valence-corrected chi connectivity index (χ4v) is 0. The Morgan fingerprint density at radius 2 is 1.33 bits per heavy atom. The number of carbonyl (C=O) groups is 1. The first-order valence-corrected chi connectivity index (χ1v) is 0.651. The normalized spacial score (nSPS) is 4.00. The molecule has 0 aliphatic carbocycles. The molecule has 6 heavy (non-hydrogen) atoms. The Morgan fingerprint density at radius 3 is 1.33 bits per heavy atom. The molecule has 0 heterocycles. The number of hydrogen-bond donors (Lipinski definition) is 2. The molecular weight excluding hydrogens is 191 g/mol. The van der Waals surface area contributed by atoms with Crippen molar-refractivity contribution in [2.75, 3.05) is 0 Å². The summed E-state index contributed by atoms with van der Waals surface area (Å²) in [5.41, 5.74) is 0. The Kier molecular flexibility index (Phi) is 24.6.